The molecule has 0 radical (unpaired) electrons. The first-order valence-electron chi connectivity index (χ1n) is 8.84. The van der Waals surface area contributed by atoms with Crippen LogP contribution in [-0.2, 0) is 6.18 Å². The lowest BCUT2D eigenvalue weighted by molar-refractivity contribution is -0.384. The van der Waals surface area contributed by atoms with Crippen LogP contribution >= 0.6 is 0 Å². The molecule has 0 spiro atoms. The van der Waals surface area contributed by atoms with Gasteiger partial charge in [-0.15, -0.1) is 0 Å². The average molecular weight is 427 g/mol. The van der Waals surface area contributed by atoms with Gasteiger partial charge in [0, 0.05) is 23.3 Å². The summed E-state index contributed by atoms with van der Waals surface area (Å²) in [7, 11) is 0. The minimum atomic E-state index is -4.40. The van der Waals surface area contributed by atoms with Gasteiger partial charge in [-0.25, -0.2) is 0 Å². The number of rotatable bonds is 5. The summed E-state index contributed by atoms with van der Waals surface area (Å²) < 4.78 is 48.6. The second-order valence-corrected chi connectivity index (χ2v) is 6.38. The number of ether oxygens (including phenoxy) is 1. The Morgan fingerprint density at radius 2 is 1.39 bits per heavy atom. The number of aromatic nitrogens is 2. The third-order valence-corrected chi connectivity index (χ3v) is 4.28. The Morgan fingerprint density at radius 3 is 1.94 bits per heavy atom. The lowest BCUT2D eigenvalue weighted by Gasteiger charge is -2.09. The molecule has 4 aromatic rings. The number of nitro benzene ring substituents is 1. The SMILES string of the molecule is O=[N+]([O-])c1ccc(-c2nc(-c3ccc(Oc4ccc(C(F)(F)F)cc4)cc3)no2)cc1. The maximum absolute atomic E-state index is 12.6. The molecule has 0 saturated carbocycles. The third kappa shape index (κ3) is 4.53. The van der Waals surface area contributed by atoms with Crippen molar-refractivity contribution in [2.75, 3.05) is 0 Å². The van der Waals surface area contributed by atoms with E-state index < -0.39 is 16.7 Å². The van der Waals surface area contributed by atoms with Crippen LogP contribution in [-0.4, -0.2) is 15.1 Å². The van der Waals surface area contributed by atoms with Crippen LogP contribution in [0.5, 0.6) is 11.5 Å². The molecule has 0 bridgehead atoms. The van der Waals surface area contributed by atoms with E-state index in [-0.39, 0.29) is 17.3 Å². The lowest BCUT2D eigenvalue weighted by atomic mass is 10.2. The zero-order valence-electron chi connectivity index (χ0n) is 15.5. The highest BCUT2D eigenvalue weighted by atomic mass is 19.4. The summed E-state index contributed by atoms with van der Waals surface area (Å²) in [5, 5.41) is 14.6. The Balaban J connectivity index is 1.46. The van der Waals surface area contributed by atoms with Crippen LogP contribution in [0.1, 0.15) is 5.56 Å². The van der Waals surface area contributed by atoms with E-state index in [0.717, 1.165) is 12.1 Å². The van der Waals surface area contributed by atoms with E-state index >= 15 is 0 Å². The van der Waals surface area contributed by atoms with Crippen molar-refractivity contribution in [1.29, 1.82) is 0 Å². The van der Waals surface area contributed by atoms with E-state index in [0.29, 0.717) is 22.7 Å². The highest BCUT2D eigenvalue weighted by Gasteiger charge is 2.30. The molecule has 1 heterocycles. The van der Waals surface area contributed by atoms with Crippen molar-refractivity contribution in [3.05, 3.63) is 88.5 Å². The van der Waals surface area contributed by atoms with Gasteiger partial charge in [0.25, 0.3) is 11.6 Å². The molecule has 0 aliphatic rings. The molecule has 0 atom stereocenters. The summed E-state index contributed by atoms with van der Waals surface area (Å²) in [6, 6.07) is 16.7. The van der Waals surface area contributed by atoms with Gasteiger partial charge in [0.2, 0.25) is 5.82 Å². The fourth-order valence-electron chi connectivity index (χ4n) is 2.70. The first kappa shape index (κ1) is 20.1. The fraction of sp³-hybridized carbons (Fsp3) is 0.0476. The van der Waals surface area contributed by atoms with E-state index in [4.69, 9.17) is 9.26 Å². The second kappa shape index (κ2) is 7.90. The summed E-state index contributed by atoms with van der Waals surface area (Å²) >= 11 is 0. The van der Waals surface area contributed by atoms with Gasteiger partial charge < -0.3 is 9.26 Å². The topological polar surface area (TPSA) is 91.3 Å². The molecule has 0 saturated heterocycles. The number of benzene rings is 3. The smallest absolute Gasteiger partial charge is 0.416 e. The molecule has 1 aromatic heterocycles. The van der Waals surface area contributed by atoms with E-state index in [9.17, 15) is 23.3 Å². The number of hydrogen-bond donors (Lipinski definition) is 0. The van der Waals surface area contributed by atoms with Gasteiger partial charge >= 0.3 is 6.18 Å². The monoisotopic (exact) mass is 427 g/mol. The van der Waals surface area contributed by atoms with Crippen LogP contribution in [0.4, 0.5) is 18.9 Å². The fourth-order valence-corrected chi connectivity index (χ4v) is 2.70. The number of non-ortho nitro benzene ring substituents is 1. The van der Waals surface area contributed by atoms with Crippen LogP contribution in [0.15, 0.2) is 77.3 Å². The first-order chi connectivity index (χ1) is 14.8. The Bertz CT molecular complexity index is 1200. The third-order valence-electron chi connectivity index (χ3n) is 4.28. The molecule has 0 aliphatic carbocycles. The molecule has 7 nitrogen and oxygen atoms in total. The summed E-state index contributed by atoms with van der Waals surface area (Å²) in [6.45, 7) is 0. The minimum Gasteiger partial charge on any atom is -0.457 e. The maximum atomic E-state index is 12.6. The lowest BCUT2D eigenvalue weighted by Crippen LogP contribution is -2.03. The highest BCUT2D eigenvalue weighted by Crippen LogP contribution is 2.32. The van der Waals surface area contributed by atoms with Crippen LogP contribution in [0.3, 0.4) is 0 Å². The van der Waals surface area contributed by atoms with Gasteiger partial charge in [0.05, 0.1) is 10.5 Å². The Kier molecular flexibility index (Phi) is 5.12. The molecule has 0 aliphatic heterocycles. The number of halogens is 3. The predicted molar refractivity (Wildman–Crippen MR) is 103 cm³/mol. The Hall–Kier alpha value is -4.21. The Labute approximate surface area is 172 Å². The van der Waals surface area contributed by atoms with E-state index in [1.54, 1.807) is 24.3 Å². The molecule has 0 amide bonds. The zero-order chi connectivity index (χ0) is 22.0. The van der Waals surface area contributed by atoms with Crippen LogP contribution in [0, 0.1) is 10.1 Å². The van der Waals surface area contributed by atoms with Crippen molar-refractivity contribution in [2.24, 2.45) is 0 Å². The average Bonchev–Trinajstić information content (AvgIpc) is 3.24. The quantitative estimate of drug-likeness (QED) is 0.281. The van der Waals surface area contributed by atoms with E-state index in [1.807, 2.05) is 0 Å². The van der Waals surface area contributed by atoms with Gasteiger partial charge in [-0.2, -0.15) is 18.2 Å². The molecule has 0 unspecified atom stereocenters. The standard InChI is InChI=1S/C21H12F3N3O4/c22-21(23,24)15-5-11-18(12-6-15)30-17-9-3-13(4-10-17)19-25-20(31-26-19)14-1-7-16(8-2-14)27(28)29/h1-12H. The molecule has 0 fully saturated rings. The first-order valence-corrected chi connectivity index (χ1v) is 8.84. The summed E-state index contributed by atoms with van der Waals surface area (Å²) in [5.74, 6) is 1.19. The second-order valence-electron chi connectivity index (χ2n) is 6.38. The van der Waals surface area contributed by atoms with Gasteiger partial charge in [-0.05, 0) is 60.7 Å². The van der Waals surface area contributed by atoms with Gasteiger partial charge in [-0.3, -0.25) is 10.1 Å². The number of hydrogen-bond acceptors (Lipinski definition) is 6. The van der Waals surface area contributed by atoms with Crippen molar-refractivity contribution < 1.29 is 27.4 Å². The van der Waals surface area contributed by atoms with Crippen LogP contribution in [0.2, 0.25) is 0 Å². The van der Waals surface area contributed by atoms with Crippen molar-refractivity contribution in [1.82, 2.24) is 10.1 Å². The number of nitrogens with zero attached hydrogens (tertiary/aromatic N) is 3. The van der Waals surface area contributed by atoms with Crippen LogP contribution < -0.4 is 4.74 Å². The van der Waals surface area contributed by atoms with Gasteiger partial charge in [-0.1, -0.05) is 5.16 Å². The normalized spacial score (nSPS) is 11.3. The molecule has 31 heavy (non-hydrogen) atoms. The van der Waals surface area contributed by atoms with Crippen molar-refractivity contribution >= 4 is 5.69 Å². The van der Waals surface area contributed by atoms with Crippen molar-refractivity contribution in [2.45, 2.75) is 6.18 Å². The summed E-state index contributed by atoms with van der Waals surface area (Å²) in [5.41, 5.74) is 0.353. The van der Waals surface area contributed by atoms with E-state index in [1.165, 1.54) is 36.4 Å². The predicted octanol–water partition coefficient (Wildman–Crippen LogP) is 6.12. The summed E-state index contributed by atoms with van der Waals surface area (Å²) in [4.78, 5) is 14.5. The largest absolute Gasteiger partial charge is 0.457 e. The molecular weight excluding hydrogens is 415 g/mol. The highest BCUT2D eigenvalue weighted by molar-refractivity contribution is 5.61. The summed E-state index contributed by atoms with van der Waals surface area (Å²) in [6.07, 6.45) is -4.40. The van der Waals surface area contributed by atoms with Crippen molar-refractivity contribution in [3.8, 4) is 34.3 Å². The zero-order valence-corrected chi connectivity index (χ0v) is 15.5. The number of nitro groups is 1. The molecule has 156 valence electrons. The van der Waals surface area contributed by atoms with Gasteiger partial charge in [0.1, 0.15) is 11.5 Å². The number of alkyl halides is 3. The maximum Gasteiger partial charge on any atom is 0.416 e. The van der Waals surface area contributed by atoms with Crippen LogP contribution in [0.25, 0.3) is 22.8 Å². The van der Waals surface area contributed by atoms with E-state index in [2.05, 4.69) is 10.1 Å². The molecule has 3 aromatic carbocycles. The minimum absolute atomic E-state index is 0.0490. The Morgan fingerprint density at radius 1 is 0.839 bits per heavy atom. The van der Waals surface area contributed by atoms with Gasteiger partial charge in [0.15, 0.2) is 0 Å². The molecule has 4 rings (SSSR count). The molecule has 10 heteroatoms. The molecular formula is C21H12F3N3O4. The molecule has 0 N–H and O–H groups in total. The van der Waals surface area contributed by atoms with Crippen molar-refractivity contribution in [3.63, 3.8) is 0 Å².